The molecule has 5 nitrogen and oxygen atoms in total. The molecule has 1 rings (SSSR count). The van der Waals surface area contributed by atoms with Gasteiger partial charge in [0.2, 0.25) is 10.0 Å². The van der Waals surface area contributed by atoms with Gasteiger partial charge in [0.05, 0.1) is 5.56 Å². The average molecular weight is 287 g/mol. The summed E-state index contributed by atoms with van der Waals surface area (Å²) in [5, 5.41) is 8.77. The summed E-state index contributed by atoms with van der Waals surface area (Å²) in [6.07, 6.45) is 1.62. The predicted molar refractivity (Wildman–Crippen MR) is 68.0 cm³/mol. The molecule has 0 saturated heterocycles. The van der Waals surface area contributed by atoms with E-state index in [4.69, 9.17) is 5.11 Å². The molecule has 0 unspecified atom stereocenters. The second-order valence-corrected chi connectivity index (χ2v) is 5.82. The number of carboxylic acids is 1. The molecule has 104 valence electrons. The second-order valence-electron chi connectivity index (χ2n) is 4.08. The van der Waals surface area contributed by atoms with Gasteiger partial charge in [0.25, 0.3) is 0 Å². The summed E-state index contributed by atoms with van der Waals surface area (Å²) in [5.41, 5.74) is 0.617. The molecule has 0 amide bonds. The van der Waals surface area contributed by atoms with Gasteiger partial charge < -0.3 is 5.11 Å². The molecule has 0 aliphatic carbocycles. The van der Waals surface area contributed by atoms with E-state index in [1.807, 2.05) is 0 Å². The zero-order valence-corrected chi connectivity index (χ0v) is 11.3. The Balaban J connectivity index is 3.10. The van der Waals surface area contributed by atoms with E-state index >= 15 is 0 Å². The van der Waals surface area contributed by atoms with Gasteiger partial charge >= 0.3 is 5.97 Å². The monoisotopic (exact) mass is 287 g/mol. The van der Waals surface area contributed by atoms with Crippen LogP contribution in [0.3, 0.4) is 0 Å². The third-order valence-electron chi connectivity index (χ3n) is 2.25. The highest BCUT2D eigenvalue weighted by Gasteiger charge is 2.20. The minimum absolute atomic E-state index is 0.0153. The lowest BCUT2D eigenvalue weighted by Gasteiger charge is -2.07. The Labute approximate surface area is 110 Å². The number of hydrogen-bond donors (Lipinski definition) is 2. The Kier molecular flexibility index (Phi) is 4.79. The molecule has 1 aromatic rings. The minimum Gasteiger partial charge on any atom is -0.478 e. The van der Waals surface area contributed by atoms with Crippen LogP contribution in [0.15, 0.2) is 34.7 Å². The summed E-state index contributed by atoms with van der Waals surface area (Å²) in [7, 11) is -4.08. The lowest BCUT2D eigenvalue weighted by Crippen LogP contribution is -2.25. The van der Waals surface area contributed by atoms with Gasteiger partial charge in [0.1, 0.15) is 10.7 Å². The number of carboxylic acid groups (broad SMARTS) is 1. The maximum Gasteiger partial charge on any atom is 0.335 e. The first-order valence-corrected chi connectivity index (χ1v) is 6.88. The standard InChI is InChI=1S/C12H14FNO4S/c1-8(2)5-6-14-19(17,18)11-7-9(12(15)16)3-4-10(11)13/h3-5,7,14H,6H2,1-2H3,(H,15,16). The summed E-state index contributed by atoms with van der Waals surface area (Å²) in [4.78, 5) is 10.1. The topological polar surface area (TPSA) is 83.5 Å². The molecular weight excluding hydrogens is 273 g/mol. The number of rotatable bonds is 5. The zero-order valence-electron chi connectivity index (χ0n) is 10.5. The van der Waals surface area contributed by atoms with Crippen molar-refractivity contribution >= 4 is 16.0 Å². The van der Waals surface area contributed by atoms with Crippen molar-refractivity contribution < 1.29 is 22.7 Å². The maximum absolute atomic E-state index is 13.5. The van der Waals surface area contributed by atoms with Crippen molar-refractivity contribution in [2.24, 2.45) is 0 Å². The Morgan fingerprint density at radius 1 is 1.42 bits per heavy atom. The van der Waals surface area contributed by atoms with Crippen LogP contribution in [0, 0.1) is 5.82 Å². The molecule has 0 aliphatic rings. The van der Waals surface area contributed by atoms with Gasteiger partial charge in [-0.2, -0.15) is 0 Å². The number of hydrogen-bond acceptors (Lipinski definition) is 3. The van der Waals surface area contributed by atoms with E-state index in [1.165, 1.54) is 0 Å². The van der Waals surface area contributed by atoms with E-state index in [0.717, 1.165) is 23.8 Å². The molecule has 1 aromatic carbocycles. The van der Waals surface area contributed by atoms with Crippen LogP contribution in [0.2, 0.25) is 0 Å². The summed E-state index contributed by atoms with van der Waals surface area (Å²) < 4.78 is 39.3. The maximum atomic E-state index is 13.5. The van der Waals surface area contributed by atoms with Gasteiger partial charge in [-0.05, 0) is 32.0 Å². The van der Waals surface area contributed by atoms with Crippen molar-refractivity contribution in [3.8, 4) is 0 Å². The molecule has 0 atom stereocenters. The summed E-state index contributed by atoms with van der Waals surface area (Å²) in [6, 6.07) is 2.62. The average Bonchev–Trinajstić information content (AvgIpc) is 2.28. The minimum atomic E-state index is -4.08. The van der Waals surface area contributed by atoms with Crippen molar-refractivity contribution in [3.05, 3.63) is 41.2 Å². The van der Waals surface area contributed by atoms with Crippen LogP contribution < -0.4 is 4.72 Å². The third-order valence-corrected chi connectivity index (χ3v) is 3.69. The molecule has 0 radical (unpaired) electrons. The van der Waals surface area contributed by atoms with Gasteiger partial charge in [-0.1, -0.05) is 11.6 Å². The Bertz CT molecular complexity index is 619. The van der Waals surface area contributed by atoms with Gasteiger partial charge in [-0.25, -0.2) is 22.3 Å². The molecule has 19 heavy (non-hydrogen) atoms. The summed E-state index contributed by atoms with van der Waals surface area (Å²) in [5.74, 6) is -2.31. The number of allylic oxidation sites excluding steroid dienone is 1. The van der Waals surface area contributed by atoms with Crippen molar-refractivity contribution in [1.29, 1.82) is 0 Å². The van der Waals surface area contributed by atoms with Crippen molar-refractivity contribution in [2.75, 3.05) is 6.54 Å². The highest BCUT2D eigenvalue weighted by atomic mass is 32.2. The Hall–Kier alpha value is -1.73. The fourth-order valence-corrected chi connectivity index (χ4v) is 2.34. The molecule has 7 heteroatoms. The summed E-state index contributed by atoms with van der Waals surface area (Å²) >= 11 is 0. The van der Waals surface area contributed by atoms with Gasteiger partial charge in [-0.15, -0.1) is 0 Å². The fraction of sp³-hybridized carbons (Fsp3) is 0.250. The number of sulfonamides is 1. The smallest absolute Gasteiger partial charge is 0.335 e. The molecule has 2 N–H and O–H groups in total. The number of benzene rings is 1. The molecular formula is C12H14FNO4S. The summed E-state index contributed by atoms with van der Waals surface area (Å²) in [6.45, 7) is 3.60. The van der Waals surface area contributed by atoms with E-state index in [-0.39, 0.29) is 12.1 Å². The van der Waals surface area contributed by atoms with Crippen LogP contribution in [-0.4, -0.2) is 26.0 Å². The molecule has 0 fully saturated rings. The van der Waals surface area contributed by atoms with Crippen molar-refractivity contribution in [3.63, 3.8) is 0 Å². The molecule has 0 aromatic heterocycles. The highest BCUT2D eigenvalue weighted by Crippen LogP contribution is 2.16. The van der Waals surface area contributed by atoms with Crippen LogP contribution in [0.25, 0.3) is 0 Å². The lowest BCUT2D eigenvalue weighted by atomic mass is 10.2. The Morgan fingerprint density at radius 2 is 2.05 bits per heavy atom. The molecule has 0 aliphatic heterocycles. The van der Waals surface area contributed by atoms with E-state index < -0.39 is 26.7 Å². The third kappa shape index (κ3) is 4.15. The number of carbonyl (C=O) groups is 1. The highest BCUT2D eigenvalue weighted by molar-refractivity contribution is 7.89. The van der Waals surface area contributed by atoms with E-state index in [0.29, 0.717) is 0 Å². The van der Waals surface area contributed by atoms with Crippen LogP contribution in [-0.2, 0) is 10.0 Å². The molecule has 0 heterocycles. The largest absolute Gasteiger partial charge is 0.478 e. The SMILES string of the molecule is CC(C)=CCNS(=O)(=O)c1cc(C(=O)O)ccc1F. The van der Waals surface area contributed by atoms with Crippen LogP contribution in [0.4, 0.5) is 4.39 Å². The van der Waals surface area contributed by atoms with E-state index in [9.17, 15) is 17.6 Å². The first-order valence-electron chi connectivity index (χ1n) is 5.40. The van der Waals surface area contributed by atoms with Gasteiger partial charge in [0, 0.05) is 6.54 Å². The lowest BCUT2D eigenvalue weighted by molar-refractivity contribution is 0.0696. The molecule has 0 saturated carbocycles. The van der Waals surface area contributed by atoms with E-state index in [1.54, 1.807) is 19.9 Å². The van der Waals surface area contributed by atoms with Gasteiger partial charge in [-0.3, -0.25) is 0 Å². The van der Waals surface area contributed by atoms with Crippen LogP contribution >= 0.6 is 0 Å². The van der Waals surface area contributed by atoms with Crippen molar-refractivity contribution in [2.45, 2.75) is 18.7 Å². The number of halogens is 1. The predicted octanol–water partition coefficient (Wildman–Crippen LogP) is 1.77. The Morgan fingerprint density at radius 3 is 2.58 bits per heavy atom. The van der Waals surface area contributed by atoms with Gasteiger partial charge in [0.15, 0.2) is 0 Å². The van der Waals surface area contributed by atoms with E-state index in [2.05, 4.69) is 4.72 Å². The van der Waals surface area contributed by atoms with Crippen LogP contribution in [0.1, 0.15) is 24.2 Å². The first-order chi connectivity index (χ1) is 8.74. The molecule has 0 spiro atoms. The zero-order chi connectivity index (χ0) is 14.6. The quantitative estimate of drug-likeness (QED) is 0.808. The fourth-order valence-electron chi connectivity index (χ4n) is 1.28. The first kappa shape index (κ1) is 15.3. The number of aromatic carboxylic acids is 1. The second kappa shape index (κ2) is 5.94. The van der Waals surface area contributed by atoms with Crippen LogP contribution in [0.5, 0.6) is 0 Å². The normalized spacial score (nSPS) is 11.1. The number of nitrogens with one attached hydrogen (secondary N) is 1. The molecule has 0 bridgehead atoms. The van der Waals surface area contributed by atoms with Crippen molar-refractivity contribution in [1.82, 2.24) is 4.72 Å².